The Morgan fingerprint density at radius 1 is 1.26 bits per heavy atom. The minimum absolute atomic E-state index is 0.383. The molecule has 1 heterocycles. The Kier molecular flexibility index (Phi) is 3.81. The van der Waals surface area contributed by atoms with E-state index in [1.807, 2.05) is 6.92 Å². The van der Waals surface area contributed by atoms with Gasteiger partial charge in [0, 0.05) is 11.8 Å². The van der Waals surface area contributed by atoms with Crippen molar-refractivity contribution in [2.24, 2.45) is 0 Å². The van der Waals surface area contributed by atoms with Crippen LogP contribution in [0, 0.1) is 5.82 Å². The maximum Gasteiger partial charge on any atom is 0.137 e. The maximum absolute atomic E-state index is 13.3. The number of hydrogen-bond donors (Lipinski definition) is 1. The molecule has 1 atom stereocenters. The van der Waals surface area contributed by atoms with E-state index in [4.69, 9.17) is 4.74 Å². The lowest BCUT2D eigenvalue weighted by Gasteiger charge is -2.24. The number of ether oxygens (including phenoxy) is 1. The Balaban J connectivity index is 2.41. The largest absolute Gasteiger partial charge is 0.492 e. The monoisotopic (exact) mass is 261 g/mol. The van der Waals surface area contributed by atoms with Crippen molar-refractivity contribution in [3.05, 3.63) is 59.7 Å². The lowest BCUT2D eigenvalue weighted by atomic mass is 9.89. The Labute approximate surface area is 111 Å². The summed E-state index contributed by atoms with van der Waals surface area (Å²) in [6.45, 7) is 4.00. The van der Waals surface area contributed by atoms with Crippen LogP contribution < -0.4 is 4.74 Å². The first-order valence-electron chi connectivity index (χ1n) is 6.10. The number of hydrogen-bond acceptors (Lipinski definition) is 3. The van der Waals surface area contributed by atoms with E-state index >= 15 is 0 Å². The zero-order valence-electron chi connectivity index (χ0n) is 10.9. The van der Waals surface area contributed by atoms with Crippen LogP contribution in [-0.4, -0.2) is 16.7 Å². The summed E-state index contributed by atoms with van der Waals surface area (Å²) in [6, 6.07) is 7.61. The van der Waals surface area contributed by atoms with E-state index in [2.05, 4.69) is 4.98 Å². The van der Waals surface area contributed by atoms with Crippen molar-refractivity contribution in [1.29, 1.82) is 0 Å². The van der Waals surface area contributed by atoms with E-state index in [0.29, 0.717) is 23.5 Å². The summed E-state index contributed by atoms with van der Waals surface area (Å²) in [5, 5.41) is 10.6. The van der Waals surface area contributed by atoms with Gasteiger partial charge in [-0.25, -0.2) is 4.39 Å². The van der Waals surface area contributed by atoms with Crippen LogP contribution in [0.25, 0.3) is 0 Å². The quantitative estimate of drug-likeness (QED) is 0.920. The second-order valence-electron chi connectivity index (χ2n) is 4.42. The first-order valence-corrected chi connectivity index (χ1v) is 6.10. The third-order valence-electron chi connectivity index (χ3n) is 2.97. The minimum Gasteiger partial charge on any atom is -0.492 e. The average molecular weight is 261 g/mol. The molecule has 100 valence electrons. The predicted molar refractivity (Wildman–Crippen MR) is 70.5 cm³/mol. The van der Waals surface area contributed by atoms with Gasteiger partial charge in [0.2, 0.25) is 0 Å². The molecule has 3 nitrogen and oxygen atoms in total. The average Bonchev–Trinajstić information content (AvgIpc) is 2.39. The van der Waals surface area contributed by atoms with Gasteiger partial charge in [0.05, 0.1) is 12.8 Å². The van der Waals surface area contributed by atoms with Crippen molar-refractivity contribution >= 4 is 0 Å². The van der Waals surface area contributed by atoms with Gasteiger partial charge >= 0.3 is 0 Å². The molecule has 0 fully saturated rings. The molecule has 2 rings (SSSR count). The number of rotatable bonds is 4. The molecule has 0 bridgehead atoms. The number of aromatic nitrogens is 1. The number of benzene rings is 1. The van der Waals surface area contributed by atoms with E-state index in [-0.39, 0.29) is 5.82 Å². The molecule has 1 aromatic carbocycles. The lowest BCUT2D eigenvalue weighted by molar-refractivity contribution is 0.101. The van der Waals surface area contributed by atoms with Crippen LogP contribution in [0.5, 0.6) is 5.75 Å². The molecule has 0 aliphatic carbocycles. The molecule has 1 unspecified atom stereocenters. The van der Waals surface area contributed by atoms with Gasteiger partial charge in [-0.2, -0.15) is 0 Å². The van der Waals surface area contributed by atoms with Gasteiger partial charge in [0.15, 0.2) is 0 Å². The van der Waals surface area contributed by atoms with Crippen LogP contribution in [0.15, 0.2) is 42.7 Å². The highest BCUT2D eigenvalue weighted by atomic mass is 19.1. The summed E-state index contributed by atoms with van der Waals surface area (Å²) in [4.78, 5) is 4.04. The van der Waals surface area contributed by atoms with Gasteiger partial charge in [-0.3, -0.25) is 4.98 Å². The molecule has 0 spiro atoms. The number of nitrogens with zero attached hydrogens (tertiary/aromatic N) is 1. The van der Waals surface area contributed by atoms with Gasteiger partial charge in [0.25, 0.3) is 0 Å². The van der Waals surface area contributed by atoms with E-state index < -0.39 is 5.60 Å². The molecule has 0 aliphatic heterocycles. The van der Waals surface area contributed by atoms with E-state index in [1.54, 1.807) is 37.5 Å². The molecule has 1 aromatic heterocycles. The highest BCUT2D eigenvalue weighted by molar-refractivity contribution is 5.37. The zero-order chi connectivity index (χ0) is 13.9. The fraction of sp³-hybridized carbons (Fsp3) is 0.267. The third-order valence-corrected chi connectivity index (χ3v) is 2.97. The van der Waals surface area contributed by atoms with Crippen molar-refractivity contribution in [3.8, 4) is 5.75 Å². The Morgan fingerprint density at radius 2 is 2.05 bits per heavy atom. The highest BCUT2D eigenvalue weighted by Crippen LogP contribution is 2.30. The van der Waals surface area contributed by atoms with Crippen molar-refractivity contribution in [2.45, 2.75) is 19.4 Å². The summed E-state index contributed by atoms with van der Waals surface area (Å²) < 4.78 is 18.6. The van der Waals surface area contributed by atoms with Gasteiger partial charge < -0.3 is 9.84 Å². The summed E-state index contributed by atoms with van der Waals surface area (Å²) in [5.74, 6) is 0.198. The van der Waals surface area contributed by atoms with Crippen molar-refractivity contribution < 1.29 is 14.2 Å². The molecular formula is C15H16FNO2. The number of halogens is 1. The maximum atomic E-state index is 13.3. The highest BCUT2D eigenvalue weighted by Gasteiger charge is 2.26. The fourth-order valence-corrected chi connectivity index (χ4v) is 1.89. The van der Waals surface area contributed by atoms with Crippen LogP contribution in [0.3, 0.4) is 0 Å². The second kappa shape index (κ2) is 5.36. The molecule has 19 heavy (non-hydrogen) atoms. The van der Waals surface area contributed by atoms with Crippen LogP contribution in [0.2, 0.25) is 0 Å². The topological polar surface area (TPSA) is 42.4 Å². The van der Waals surface area contributed by atoms with Gasteiger partial charge in [-0.1, -0.05) is 12.1 Å². The first kappa shape index (κ1) is 13.5. The van der Waals surface area contributed by atoms with Gasteiger partial charge in [-0.15, -0.1) is 0 Å². The van der Waals surface area contributed by atoms with Crippen LogP contribution >= 0.6 is 0 Å². The molecule has 0 radical (unpaired) electrons. The Hall–Kier alpha value is -1.94. The Morgan fingerprint density at radius 3 is 2.74 bits per heavy atom. The molecular weight excluding hydrogens is 245 g/mol. The molecule has 0 aliphatic rings. The van der Waals surface area contributed by atoms with Crippen molar-refractivity contribution in [3.63, 3.8) is 0 Å². The summed E-state index contributed by atoms with van der Waals surface area (Å²) in [6.07, 6.45) is 3.13. The minimum atomic E-state index is -1.32. The van der Waals surface area contributed by atoms with Gasteiger partial charge in [0.1, 0.15) is 17.2 Å². The third kappa shape index (κ3) is 2.90. The van der Waals surface area contributed by atoms with Crippen LogP contribution in [0.4, 0.5) is 4.39 Å². The van der Waals surface area contributed by atoms with E-state index in [9.17, 15) is 9.50 Å². The fourth-order valence-electron chi connectivity index (χ4n) is 1.89. The summed E-state index contributed by atoms with van der Waals surface area (Å²) >= 11 is 0. The zero-order valence-corrected chi connectivity index (χ0v) is 10.9. The SMILES string of the molecule is CCOc1cncc(C(C)(O)c2cccc(F)c2)c1. The normalized spacial score (nSPS) is 13.9. The van der Waals surface area contributed by atoms with E-state index in [1.165, 1.54) is 12.1 Å². The van der Waals surface area contributed by atoms with Crippen LogP contribution in [0.1, 0.15) is 25.0 Å². The number of pyridine rings is 1. The standard InChI is InChI=1S/C15H16FNO2/c1-3-19-14-8-12(9-17-10-14)15(2,18)11-5-4-6-13(16)7-11/h4-10,18H,3H2,1-2H3. The Bertz CT molecular complexity index is 570. The predicted octanol–water partition coefficient (Wildman–Crippen LogP) is 2.88. The molecule has 0 saturated carbocycles. The summed E-state index contributed by atoms with van der Waals surface area (Å²) in [5.41, 5.74) is -0.283. The lowest BCUT2D eigenvalue weighted by Crippen LogP contribution is -2.23. The van der Waals surface area contributed by atoms with Crippen molar-refractivity contribution in [1.82, 2.24) is 4.98 Å². The molecule has 4 heteroatoms. The van der Waals surface area contributed by atoms with Crippen LogP contribution in [-0.2, 0) is 5.60 Å². The second-order valence-corrected chi connectivity index (χ2v) is 4.42. The molecule has 0 saturated heterocycles. The first-order chi connectivity index (χ1) is 9.04. The smallest absolute Gasteiger partial charge is 0.137 e. The van der Waals surface area contributed by atoms with Gasteiger partial charge in [-0.05, 0) is 37.6 Å². The number of aliphatic hydroxyl groups is 1. The molecule has 0 amide bonds. The molecule has 1 N–H and O–H groups in total. The van der Waals surface area contributed by atoms with Crippen molar-refractivity contribution in [2.75, 3.05) is 6.61 Å². The molecule has 2 aromatic rings. The van der Waals surface area contributed by atoms with E-state index in [0.717, 1.165) is 0 Å². The summed E-state index contributed by atoms with van der Waals surface area (Å²) in [7, 11) is 0.